The molecule has 0 atom stereocenters. The zero-order valence-electron chi connectivity index (χ0n) is 10.6. The van der Waals surface area contributed by atoms with E-state index in [1.54, 1.807) is 0 Å². The fraction of sp³-hybridized carbons (Fsp3) is 0.500. The van der Waals surface area contributed by atoms with Crippen molar-refractivity contribution in [3.05, 3.63) is 26.7 Å². The molecule has 1 aliphatic heterocycles. The number of benzene rings is 1. The van der Waals surface area contributed by atoms with Crippen molar-refractivity contribution in [3.8, 4) is 0 Å². The molecule has 0 bridgehead atoms. The first kappa shape index (κ1) is 16.5. The molecule has 0 saturated carbocycles. The van der Waals surface area contributed by atoms with Gasteiger partial charge in [-0.2, -0.15) is 0 Å². The molecule has 0 aromatic heterocycles. The fourth-order valence-corrected chi connectivity index (χ4v) is 5.22. The molecule has 20 heavy (non-hydrogen) atoms. The highest BCUT2D eigenvalue weighted by Crippen LogP contribution is 2.32. The van der Waals surface area contributed by atoms with Gasteiger partial charge >= 0.3 is 0 Å². The van der Waals surface area contributed by atoms with Crippen LogP contribution in [0.5, 0.6) is 0 Å². The van der Waals surface area contributed by atoms with Crippen molar-refractivity contribution < 1.29 is 8.42 Å². The molecule has 1 aromatic rings. The first-order chi connectivity index (χ1) is 9.40. The summed E-state index contributed by atoms with van der Waals surface area (Å²) in [5.74, 6) is 0.346. The Bertz CT molecular complexity index is 566. The lowest BCUT2D eigenvalue weighted by Crippen LogP contribution is -2.36. The normalized spacial score (nSPS) is 17.4. The number of nitrogens with one attached hydrogen (secondary N) is 2. The van der Waals surface area contributed by atoms with Crippen LogP contribution in [0.2, 0.25) is 10.0 Å². The van der Waals surface area contributed by atoms with Gasteiger partial charge < -0.3 is 5.32 Å². The monoisotopic (exact) mass is 400 g/mol. The summed E-state index contributed by atoms with van der Waals surface area (Å²) in [6.07, 6.45) is 1.93. The molecule has 2 N–H and O–H groups in total. The summed E-state index contributed by atoms with van der Waals surface area (Å²) in [6.45, 7) is 2.26. The second kappa shape index (κ2) is 6.94. The molecule has 1 heterocycles. The quantitative estimate of drug-likeness (QED) is 0.815. The van der Waals surface area contributed by atoms with Gasteiger partial charge in [-0.15, -0.1) is 0 Å². The Morgan fingerprint density at radius 3 is 2.35 bits per heavy atom. The van der Waals surface area contributed by atoms with Gasteiger partial charge in [0.15, 0.2) is 0 Å². The maximum atomic E-state index is 12.3. The van der Waals surface area contributed by atoms with E-state index in [4.69, 9.17) is 23.2 Å². The zero-order valence-corrected chi connectivity index (χ0v) is 14.5. The highest BCUT2D eigenvalue weighted by Gasteiger charge is 2.24. The number of hydrogen-bond donors (Lipinski definition) is 2. The Balaban J connectivity index is 2.14. The van der Waals surface area contributed by atoms with Crippen LogP contribution in [0.4, 0.5) is 0 Å². The summed E-state index contributed by atoms with van der Waals surface area (Å²) in [4.78, 5) is -0.0574. The molecule has 112 valence electrons. The molecule has 8 heteroatoms. The Morgan fingerprint density at radius 2 is 1.80 bits per heavy atom. The van der Waals surface area contributed by atoms with E-state index in [-0.39, 0.29) is 14.9 Å². The van der Waals surface area contributed by atoms with Crippen molar-refractivity contribution in [2.75, 3.05) is 19.6 Å². The second-order valence-corrected chi connectivity index (χ2v) is 8.18. The number of sulfonamides is 1. The molecule has 0 unspecified atom stereocenters. The molecule has 4 nitrogen and oxygen atoms in total. The molecule has 0 radical (unpaired) electrons. The first-order valence-electron chi connectivity index (χ1n) is 6.25. The van der Waals surface area contributed by atoms with Crippen molar-refractivity contribution in [2.45, 2.75) is 17.7 Å². The Morgan fingerprint density at radius 1 is 1.25 bits per heavy atom. The van der Waals surface area contributed by atoms with Gasteiger partial charge in [-0.05, 0) is 44.0 Å². The number of rotatable bonds is 4. The number of halogens is 3. The van der Waals surface area contributed by atoms with Gasteiger partial charge in [0.25, 0.3) is 0 Å². The van der Waals surface area contributed by atoms with Crippen LogP contribution >= 0.6 is 39.1 Å². The van der Waals surface area contributed by atoms with E-state index in [9.17, 15) is 8.42 Å². The number of hydrogen-bond acceptors (Lipinski definition) is 3. The number of piperidine rings is 1. The van der Waals surface area contributed by atoms with E-state index in [0.29, 0.717) is 16.9 Å². The summed E-state index contributed by atoms with van der Waals surface area (Å²) in [6, 6.07) is 3.04. The van der Waals surface area contributed by atoms with Crippen LogP contribution in [-0.4, -0.2) is 28.1 Å². The van der Waals surface area contributed by atoms with E-state index in [1.807, 2.05) is 0 Å². The Labute approximate surface area is 137 Å². The van der Waals surface area contributed by atoms with Crippen molar-refractivity contribution in [1.82, 2.24) is 10.0 Å². The SMILES string of the molecule is O=S(=O)(NCC1CCNCC1)c1c(Cl)cc(Br)cc1Cl. The van der Waals surface area contributed by atoms with Crippen molar-refractivity contribution in [2.24, 2.45) is 5.92 Å². The van der Waals surface area contributed by atoms with E-state index in [1.165, 1.54) is 12.1 Å². The van der Waals surface area contributed by atoms with E-state index in [0.717, 1.165) is 25.9 Å². The molecule has 1 saturated heterocycles. The molecule has 1 aromatic carbocycles. The maximum Gasteiger partial charge on any atom is 0.243 e. The minimum atomic E-state index is -3.69. The summed E-state index contributed by atoms with van der Waals surface area (Å²) in [5.41, 5.74) is 0. The molecular weight excluding hydrogens is 387 g/mol. The second-order valence-electron chi connectivity index (χ2n) is 4.74. The van der Waals surface area contributed by atoms with E-state index >= 15 is 0 Å². The van der Waals surface area contributed by atoms with E-state index in [2.05, 4.69) is 26.0 Å². The molecule has 2 rings (SSSR count). The lowest BCUT2D eigenvalue weighted by atomic mass is 9.99. The molecule has 1 aliphatic rings. The zero-order chi connectivity index (χ0) is 14.8. The largest absolute Gasteiger partial charge is 0.317 e. The van der Waals surface area contributed by atoms with Crippen LogP contribution in [0.25, 0.3) is 0 Å². The standard InChI is InChI=1S/C12H15BrCl2N2O2S/c13-9-5-10(14)12(11(15)6-9)20(18,19)17-7-8-1-3-16-4-2-8/h5-6,8,16-17H,1-4,7H2. The molecule has 0 aliphatic carbocycles. The highest BCUT2D eigenvalue weighted by atomic mass is 79.9. The molecule has 0 spiro atoms. The minimum absolute atomic E-state index is 0.0574. The van der Waals surface area contributed by atoms with Gasteiger partial charge in [0.2, 0.25) is 10.0 Å². The Kier molecular flexibility index (Phi) is 5.73. The van der Waals surface area contributed by atoms with Gasteiger partial charge in [0.05, 0.1) is 10.0 Å². The third-order valence-electron chi connectivity index (χ3n) is 3.25. The summed E-state index contributed by atoms with van der Waals surface area (Å²) in [7, 11) is -3.69. The predicted octanol–water partition coefficient (Wildman–Crippen LogP) is 3.03. The lowest BCUT2D eigenvalue weighted by Gasteiger charge is -2.23. The van der Waals surface area contributed by atoms with Gasteiger partial charge in [-0.25, -0.2) is 13.1 Å². The molecular formula is C12H15BrCl2N2O2S. The summed E-state index contributed by atoms with van der Waals surface area (Å²) >= 11 is 15.2. The van der Waals surface area contributed by atoms with Gasteiger partial charge in [0, 0.05) is 11.0 Å². The minimum Gasteiger partial charge on any atom is -0.317 e. The third-order valence-corrected chi connectivity index (χ3v) is 6.05. The average Bonchev–Trinajstić information content (AvgIpc) is 2.36. The lowest BCUT2D eigenvalue weighted by molar-refractivity contribution is 0.372. The maximum absolute atomic E-state index is 12.3. The summed E-state index contributed by atoms with van der Waals surface area (Å²) < 4.78 is 27.9. The summed E-state index contributed by atoms with van der Waals surface area (Å²) in [5, 5.41) is 3.47. The highest BCUT2D eigenvalue weighted by molar-refractivity contribution is 9.10. The van der Waals surface area contributed by atoms with Crippen molar-refractivity contribution >= 4 is 49.2 Å². The van der Waals surface area contributed by atoms with Crippen LogP contribution < -0.4 is 10.0 Å². The van der Waals surface area contributed by atoms with Crippen LogP contribution in [0.1, 0.15) is 12.8 Å². The van der Waals surface area contributed by atoms with Gasteiger partial charge in [-0.1, -0.05) is 39.1 Å². The topological polar surface area (TPSA) is 58.2 Å². The van der Waals surface area contributed by atoms with Gasteiger partial charge in [0.1, 0.15) is 4.90 Å². The van der Waals surface area contributed by atoms with Crippen LogP contribution in [-0.2, 0) is 10.0 Å². The van der Waals surface area contributed by atoms with Crippen LogP contribution in [0.3, 0.4) is 0 Å². The Hall–Kier alpha value is 0.150. The van der Waals surface area contributed by atoms with E-state index < -0.39 is 10.0 Å². The van der Waals surface area contributed by atoms with Crippen molar-refractivity contribution in [1.29, 1.82) is 0 Å². The average molecular weight is 402 g/mol. The molecule has 0 amide bonds. The van der Waals surface area contributed by atoms with Gasteiger partial charge in [-0.3, -0.25) is 0 Å². The predicted molar refractivity (Wildman–Crippen MR) is 84.9 cm³/mol. The molecule has 1 fully saturated rings. The fourth-order valence-electron chi connectivity index (χ4n) is 2.17. The van der Waals surface area contributed by atoms with Crippen molar-refractivity contribution in [3.63, 3.8) is 0 Å². The first-order valence-corrected chi connectivity index (χ1v) is 9.28. The van der Waals surface area contributed by atoms with Crippen LogP contribution in [0, 0.1) is 5.92 Å². The van der Waals surface area contributed by atoms with Crippen LogP contribution in [0.15, 0.2) is 21.5 Å². The third kappa shape index (κ3) is 4.08. The smallest absolute Gasteiger partial charge is 0.243 e.